The SMILES string of the molecule is CS(=O)(=O)/N=C1\C=C(Cl)C(=O)C(Cl)=C1Cl. The topological polar surface area (TPSA) is 63.6 Å². The van der Waals surface area contributed by atoms with Gasteiger partial charge >= 0.3 is 0 Å². The van der Waals surface area contributed by atoms with Crippen LogP contribution in [0.5, 0.6) is 0 Å². The molecule has 82 valence electrons. The van der Waals surface area contributed by atoms with E-state index in [9.17, 15) is 13.2 Å². The van der Waals surface area contributed by atoms with Crippen LogP contribution in [0.1, 0.15) is 0 Å². The maximum Gasteiger partial charge on any atom is 0.250 e. The molecule has 0 heterocycles. The van der Waals surface area contributed by atoms with Gasteiger partial charge in [-0.1, -0.05) is 34.8 Å². The Morgan fingerprint density at radius 3 is 2.20 bits per heavy atom. The van der Waals surface area contributed by atoms with E-state index in [-0.39, 0.29) is 20.8 Å². The molecule has 0 aromatic heterocycles. The van der Waals surface area contributed by atoms with Gasteiger partial charge in [0.25, 0.3) is 10.0 Å². The highest BCUT2D eigenvalue weighted by molar-refractivity contribution is 7.89. The van der Waals surface area contributed by atoms with Gasteiger partial charge in [0.15, 0.2) is 0 Å². The highest BCUT2D eigenvalue weighted by Crippen LogP contribution is 2.27. The molecule has 0 saturated carbocycles. The van der Waals surface area contributed by atoms with Crippen LogP contribution < -0.4 is 0 Å². The van der Waals surface area contributed by atoms with E-state index in [1.54, 1.807) is 0 Å². The summed E-state index contributed by atoms with van der Waals surface area (Å²) in [7, 11) is -3.62. The lowest BCUT2D eigenvalue weighted by Crippen LogP contribution is -2.13. The predicted octanol–water partition coefficient (Wildman–Crippen LogP) is 1.78. The summed E-state index contributed by atoms with van der Waals surface area (Å²) in [6, 6.07) is 0. The molecule has 4 nitrogen and oxygen atoms in total. The number of allylic oxidation sites excluding steroid dienone is 4. The van der Waals surface area contributed by atoms with Gasteiger partial charge in [0.05, 0.1) is 22.0 Å². The molecule has 15 heavy (non-hydrogen) atoms. The third-order valence-corrected chi connectivity index (χ3v) is 3.01. The molecular weight excluding hydrogens is 285 g/mol. The lowest BCUT2D eigenvalue weighted by Gasteiger charge is -2.08. The van der Waals surface area contributed by atoms with Crippen LogP contribution in [0, 0.1) is 0 Å². The summed E-state index contributed by atoms with van der Waals surface area (Å²) in [5.74, 6) is -0.657. The van der Waals surface area contributed by atoms with Crippen LogP contribution in [0.2, 0.25) is 0 Å². The minimum Gasteiger partial charge on any atom is -0.287 e. The number of rotatable bonds is 1. The second kappa shape index (κ2) is 4.25. The molecule has 1 rings (SSSR count). The van der Waals surface area contributed by atoms with Crippen LogP contribution in [0.15, 0.2) is 25.6 Å². The molecule has 0 aromatic rings. The zero-order chi connectivity index (χ0) is 11.8. The molecule has 0 saturated heterocycles. The van der Waals surface area contributed by atoms with E-state index >= 15 is 0 Å². The number of hydrogen-bond donors (Lipinski definition) is 0. The summed E-state index contributed by atoms with van der Waals surface area (Å²) in [4.78, 5) is 11.2. The van der Waals surface area contributed by atoms with Gasteiger partial charge in [-0.25, -0.2) is 8.42 Å². The van der Waals surface area contributed by atoms with Crippen molar-refractivity contribution in [3.8, 4) is 0 Å². The van der Waals surface area contributed by atoms with Crippen molar-refractivity contribution in [2.75, 3.05) is 6.26 Å². The first kappa shape index (κ1) is 12.7. The molecule has 0 amide bonds. The van der Waals surface area contributed by atoms with E-state index in [1.807, 2.05) is 0 Å². The average molecular weight is 289 g/mol. The molecule has 1 aliphatic rings. The summed E-state index contributed by atoms with van der Waals surface area (Å²) in [6.45, 7) is 0. The molecule has 0 N–H and O–H groups in total. The third-order valence-electron chi connectivity index (χ3n) is 1.36. The molecule has 0 aromatic carbocycles. The van der Waals surface area contributed by atoms with Crippen LogP contribution in [-0.4, -0.2) is 26.2 Å². The average Bonchev–Trinajstić information content (AvgIpc) is 2.08. The van der Waals surface area contributed by atoms with Gasteiger partial charge in [0, 0.05) is 0 Å². The first-order valence-electron chi connectivity index (χ1n) is 3.50. The fraction of sp³-hybridized carbons (Fsp3) is 0.143. The van der Waals surface area contributed by atoms with Crippen LogP contribution >= 0.6 is 34.8 Å². The van der Waals surface area contributed by atoms with Crippen molar-refractivity contribution in [3.63, 3.8) is 0 Å². The zero-order valence-electron chi connectivity index (χ0n) is 7.29. The van der Waals surface area contributed by atoms with Crippen molar-refractivity contribution in [1.82, 2.24) is 0 Å². The summed E-state index contributed by atoms with van der Waals surface area (Å²) >= 11 is 16.7. The molecule has 0 fully saturated rings. The number of nitrogens with zero attached hydrogens (tertiary/aromatic N) is 1. The van der Waals surface area contributed by atoms with Crippen molar-refractivity contribution < 1.29 is 13.2 Å². The molecule has 0 atom stereocenters. The highest BCUT2D eigenvalue weighted by Gasteiger charge is 2.24. The highest BCUT2D eigenvalue weighted by atomic mass is 35.5. The Morgan fingerprint density at radius 1 is 1.20 bits per heavy atom. The Hall–Kier alpha value is -0.360. The van der Waals surface area contributed by atoms with Crippen LogP contribution in [-0.2, 0) is 14.8 Å². The minimum absolute atomic E-state index is 0.145. The number of hydrogen-bond acceptors (Lipinski definition) is 3. The van der Waals surface area contributed by atoms with Gasteiger partial charge in [-0.2, -0.15) is 4.40 Å². The van der Waals surface area contributed by atoms with E-state index in [2.05, 4.69) is 4.40 Å². The van der Waals surface area contributed by atoms with Crippen molar-refractivity contribution in [1.29, 1.82) is 0 Å². The molecule has 1 aliphatic carbocycles. The molecule has 0 radical (unpaired) electrons. The van der Waals surface area contributed by atoms with Crippen LogP contribution in [0.4, 0.5) is 0 Å². The van der Waals surface area contributed by atoms with Gasteiger partial charge in [-0.3, -0.25) is 4.79 Å². The number of Topliss-reactive ketones (excluding diaryl/α,β-unsaturated/α-hetero) is 1. The molecule has 0 unspecified atom stereocenters. The number of halogens is 3. The van der Waals surface area contributed by atoms with Crippen LogP contribution in [0.3, 0.4) is 0 Å². The third kappa shape index (κ3) is 3.04. The van der Waals surface area contributed by atoms with Crippen molar-refractivity contribution >= 4 is 56.3 Å². The maximum atomic E-state index is 11.2. The van der Waals surface area contributed by atoms with Crippen LogP contribution in [0.25, 0.3) is 0 Å². The normalized spacial score (nSPS) is 20.9. The van der Waals surface area contributed by atoms with Crippen molar-refractivity contribution in [2.45, 2.75) is 0 Å². The lowest BCUT2D eigenvalue weighted by molar-refractivity contribution is -0.111. The number of carbonyl (C=O) groups is 1. The Balaban J connectivity index is 3.37. The summed E-state index contributed by atoms with van der Waals surface area (Å²) in [5.41, 5.74) is -0.145. The monoisotopic (exact) mass is 287 g/mol. The quantitative estimate of drug-likeness (QED) is 0.691. The van der Waals surface area contributed by atoms with Crippen molar-refractivity contribution in [3.05, 3.63) is 21.2 Å². The van der Waals surface area contributed by atoms with Gasteiger partial charge in [0.2, 0.25) is 5.78 Å². The summed E-state index contributed by atoms with van der Waals surface area (Å²) < 4.78 is 25.0. The fourth-order valence-corrected chi connectivity index (χ4v) is 1.99. The second-order valence-corrected chi connectivity index (χ2v) is 5.47. The number of ketones is 1. The van der Waals surface area contributed by atoms with Gasteiger partial charge in [0.1, 0.15) is 5.03 Å². The Morgan fingerprint density at radius 2 is 1.73 bits per heavy atom. The smallest absolute Gasteiger partial charge is 0.250 e. The summed E-state index contributed by atoms with van der Waals surface area (Å²) in [6.07, 6.45) is 1.94. The van der Waals surface area contributed by atoms with E-state index in [1.165, 1.54) is 0 Å². The maximum absolute atomic E-state index is 11.2. The first-order chi connectivity index (χ1) is 6.72. The van der Waals surface area contributed by atoms with E-state index in [0.717, 1.165) is 12.3 Å². The van der Waals surface area contributed by atoms with Gasteiger partial charge in [-0.05, 0) is 6.08 Å². The second-order valence-electron chi connectivity index (χ2n) is 2.66. The Kier molecular flexibility index (Phi) is 3.60. The van der Waals surface area contributed by atoms with Gasteiger partial charge in [-0.15, -0.1) is 0 Å². The lowest BCUT2D eigenvalue weighted by atomic mass is 10.1. The molecule has 8 heteroatoms. The Labute approximate surface area is 101 Å². The molecule has 0 spiro atoms. The largest absolute Gasteiger partial charge is 0.287 e. The standard InChI is InChI=1S/C7H4Cl3NO3S/c1-15(13,14)11-4-2-3(8)7(12)6(10)5(4)9/h2H,1H3/b11-4+. The van der Waals surface area contributed by atoms with E-state index in [0.29, 0.717) is 0 Å². The minimum atomic E-state index is -3.62. The van der Waals surface area contributed by atoms with Gasteiger partial charge < -0.3 is 0 Å². The van der Waals surface area contributed by atoms with E-state index in [4.69, 9.17) is 34.8 Å². The summed E-state index contributed by atoms with van der Waals surface area (Å²) in [5, 5.41) is -0.796. The molecule has 0 aliphatic heterocycles. The fourth-order valence-electron chi connectivity index (χ4n) is 0.811. The van der Waals surface area contributed by atoms with E-state index < -0.39 is 15.8 Å². The number of sulfonamides is 1. The zero-order valence-corrected chi connectivity index (χ0v) is 10.4. The molecule has 0 bridgehead atoms. The van der Waals surface area contributed by atoms with Crippen molar-refractivity contribution in [2.24, 2.45) is 4.40 Å². The Bertz CT molecular complexity index is 516. The first-order valence-corrected chi connectivity index (χ1v) is 6.48. The number of carbonyl (C=O) groups excluding carboxylic acids is 1. The predicted molar refractivity (Wildman–Crippen MR) is 60.0 cm³/mol. The molecular formula is C7H4Cl3NO3S.